The molecule has 0 saturated carbocycles. The predicted molar refractivity (Wildman–Crippen MR) is 157 cm³/mol. The number of nitrogens with two attached hydrogens (primary N) is 1. The molecule has 0 spiro atoms. The van der Waals surface area contributed by atoms with E-state index in [0.29, 0.717) is 41.3 Å². The average molecular weight is 651 g/mol. The fourth-order valence-corrected chi connectivity index (χ4v) is 6.39. The summed E-state index contributed by atoms with van der Waals surface area (Å²) < 4.78 is 9.63. The number of carbonyl (C=O) groups is 3. The Morgan fingerprint density at radius 2 is 2.05 bits per heavy atom. The van der Waals surface area contributed by atoms with Crippen molar-refractivity contribution >= 4 is 66.8 Å². The highest BCUT2D eigenvalue weighted by Crippen LogP contribution is 2.29. The standard InChI is InChI=1S/C27H26IN9O3/c1-15-10-21(26(40)33-27-32-16(2)31-22-4-3-9-35(22)27)36(13-15)23(38)14-37-20-6-5-17(18-7-8-28-30-12-18)11-19(20)24(34-37)25(29)39/h3-9,11-12,15,21H,10,13-14H2,1-2H3,(H2,29,39)(H,31,32,33,40). The van der Waals surface area contributed by atoms with Gasteiger partial charge in [0.05, 0.1) is 5.52 Å². The van der Waals surface area contributed by atoms with E-state index in [0.717, 1.165) is 11.1 Å². The molecule has 2 aliphatic rings. The highest BCUT2D eigenvalue weighted by atomic mass is 127. The van der Waals surface area contributed by atoms with Gasteiger partial charge in [-0.05, 0) is 59.3 Å². The molecule has 3 amide bonds. The zero-order valence-electron chi connectivity index (χ0n) is 21.8. The second-order valence-electron chi connectivity index (χ2n) is 9.90. The molecule has 0 aliphatic carbocycles. The second-order valence-corrected chi connectivity index (χ2v) is 11.7. The molecule has 40 heavy (non-hydrogen) atoms. The zero-order valence-corrected chi connectivity index (χ0v) is 23.9. The first kappa shape index (κ1) is 26.0. The Hall–Kier alpha value is -4.27. The van der Waals surface area contributed by atoms with Crippen molar-refractivity contribution in [3.05, 3.63) is 70.0 Å². The van der Waals surface area contributed by atoms with Crippen molar-refractivity contribution < 1.29 is 14.4 Å². The Bertz CT molecular complexity index is 1780. The minimum absolute atomic E-state index is 0.0911. The molecule has 2 atom stereocenters. The lowest BCUT2D eigenvalue weighted by atomic mass is 10.0. The van der Waals surface area contributed by atoms with E-state index in [2.05, 4.69) is 27.6 Å². The third kappa shape index (κ3) is 4.80. The first-order valence-electron chi connectivity index (χ1n) is 12.7. The molecule has 12 nitrogen and oxygen atoms in total. The van der Waals surface area contributed by atoms with E-state index in [1.807, 2.05) is 49.5 Å². The van der Waals surface area contributed by atoms with E-state index in [9.17, 15) is 14.4 Å². The van der Waals surface area contributed by atoms with Crippen LogP contribution in [0, 0.1) is 12.8 Å². The molecule has 1 fully saturated rings. The minimum atomic E-state index is -0.680. The van der Waals surface area contributed by atoms with Gasteiger partial charge >= 0.3 is 0 Å². The van der Waals surface area contributed by atoms with Crippen LogP contribution in [0.3, 0.4) is 0 Å². The molecule has 0 bridgehead atoms. The fraction of sp³-hybridized carbons (Fsp3) is 0.259. The molecule has 4 aromatic rings. The van der Waals surface area contributed by atoms with Crippen LogP contribution in [0.1, 0.15) is 35.2 Å². The number of benzene rings is 1. The molecule has 3 aromatic heterocycles. The molecule has 1 saturated heterocycles. The largest absolute Gasteiger partial charge is 0.364 e. The SMILES string of the molecule is Cc1nc(NC(=O)C2CC(C)CN2C(=O)Cn2nc(C(N)=O)c3cc(C4=CN=IC=C4)ccc32)n2cccc2n1. The normalized spacial score (nSPS) is 18.6. The van der Waals surface area contributed by atoms with Crippen molar-refractivity contribution in [2.75, 3.05) is 11.9 Å². The third-order valence-electron chi connectivity index (χ3n) is 7.01. The van der Waals surface area contributed by atoms with Gasteiger partial charge in [0.15, 0.2) is 5.69 Å². The lowest BCUT2D eigenvalue weighted by Crippen LogP contribution is -2.45. The zero-order chi connectivity index (χ0) is 28.0. The number of halogens is 1. The van der Waals surface area contributed by atoms with Gasteiger partial charge in [0.2, 0.25) is 17.8 Å². The topological polar surface area (TPSA) is 153 Å². The van der Waals surface area contributed by atoms with Crippen LogP contribution in [-0.4, -0.2) is 59.4 Å². The van der Waals surface area contributed by atoms with Crippen LogP contribution in [0.5, 0.6) is 0 Å². The van der Waals surface area contributed by atoms with Gasteiger partial charge in [0.1, 0.15) is 24.1 Å². The second kappa shape index (κ2) is 10.4. The van der Waals surface area contributed by atoms with Crippen molar-refractivity contribution in [2.24, 2.45) is 14.8 Å². The lowest BCUT2D eigenvalue weighted by molar-refractivity contribution is -0.137. The van der Waals surface area contributed by atoms with E-state index in [1.165, 1.54) is 4.68 Å². The number of rotatable bonds is 6. The van der Waals surface area contributed by atoms with Crippen LogP contribution in [0.2, 0.25) is 0 Å². The minimum Gasteiger partial charge on any atom is -0.364 e. The maximum atomic E-state index is 13.6. The van der Waals surface area contributed by atoms with Crippen LogP contribution < -0.4 is 11.1 Å². The van der Waals surface area contributed by atoms with E-state index >= 15 is 0 Å². The Morgan fingerprint density at radius 1 is 1.20 bits per heavy atom. The maximum absolute atomic E-state index is 13.6. The van der Waals surface area contributed by atoms with E-state index in [1.54, 1.807) is 22.4 Å². The number of aromatic nitrogens is 5. The molecule has 5 heterocycles. The Balaban J connectivity index is 1.27. The van der Waals surface area contributed by atoms with Gasteiger partial charge in [-0.25, -0.2) is 8.13 Å². The lowest BCUT2D eigenvalue weighted by Gasteiger charge is -2.24. The van der Waals surface area contributed by atoms with Gasteiger partial charge in [-0.2, -0.15) is 10.1 Å². The van der Waals surface area contributed by atoms with Crippen molar-refractivity contribution in [3.63, 3.8) is 0 Å². The molecule has 204 valence electrons. The number of primary amides is 1. The number of hydrogen-bond donors (Lipinski definition) is 2. The van der Waals surface area contributed by atoms with Gasteiger partial charge in [-0.3, -0.25) is 28.8 Å². The molecule has 1 aromatic carbocycles. The van der Waals surface area contributed by atoms with Crippen LogP contribution in [0.4, 0.5) is 5.95 Å². The molecule has 3 N–H and O–H groups in total. The number of nitrogens with one attached hydrogen (secondary N) is 1. The van der Waals surface area contributed by atoms with Gasteiger partial charge in [-0.15, -0.1) is 0 Å². The van der Waals surface area contributed by atoms with Crippen molar-refractivity contribution in [1.29, 1.82) is 0 Å². The summed E-state index contributed by atoms with van der Waals surface area (Å²) in [6.07, 6.45) is 6.13. The molecule has 2 unspecified atom stereocenters. The number of carbonyl (C=O) groups excluding carboxylic acids is 3. The van der Waals surface area contributed by atoms with Crippen molar-refractivity contribution in [2.45, 2.75) is 32.9 Å². The number of fused-ring (bicyclic) bond motifs is 2. The number of allylic oxidation sites excluding steroid dienone is 2. The summed E-state index contributed by atoms with van der Waals surface area (Å²) in [6.45, 7) is 4.05. The number of likely N-dealkylation sites (tertiary alicyclic amines) is 1. The van der Waals surface area contributed by atoms with Crippen molar-refractivity contribution in [1.82, 2.24) is 29.0 Å². The fourth-order valence-electron chi connectivity index (χ4n) is 5.20. The molecule has 0 radical (unpaired) electrons. The summed E-state index contributed by atoms with van der Waals surface area (Å²) in [4.78, 5) is 49.6. The van der Waals surface area contributed by atoms with Crippen LogP contribution >= 0.6 is 21.0 Å². The number of amides is 3. The van der Waals surface area contributed by atoms with Crippen LogP contribution in [0.25, 0.3) is 22.1 Å². The number of nitrogens with zero attached hydrogens (tertiary/aromatic N) is 7. The number of anilines is 1. The molecule has 6 rings (SSSR count). The van der Waals surface area contributed by atoms with E-state index in [-0.39, 0.29) is 51.0 Å². The van der Waals surface area contributed by atoms with Gasteiger partial charge in [0.25, 0.3) is 5.91 Å². The Kier molecular flexibility index (Phi) is 6.73. The summed E-state index contributed by atoms with van der Waals surface area (Å²) >= 11 is -0.303. The monoisotopic (exact) mass is 651 g/mol. The van der Waals surface area contributed by atoms with Gasteiger partial charge in [-0.1, -0.05) is 13.0 Å². The molecule has 2 aliphatic heterocycles. The number of hydrogen-bond acceptors (Lipinski definition) is 7. The van der Waals surface area contributed by atoms with E-state index < -0.39 is 11.9 Å². The molecule has 13 heteroatoms. The van der Waals surface area contributed by atoms with Crippen LogP contribution in [0.15, 0.2) is 56.0 Å². The van der Waals surface area contributed by atoms with E-state index in [4.69, 9.17) is 5.73 Å². The van der Waals surface area contributed by atoms with Crippen LogP contribution in [-0.2, 0) is 16.1 Å². The Morgan fingerprint density at radius 3 is 2.83 bits per heavy atom. The summed E-state index contributed by atoms with van der Waals surface area (Å²) in [6, 6.07) is 8.55. The predicted octanol–water partition coefficient (Wildman–Crippen LogP) is 3.38. The Labute approximate surface area is 239 Å². The molecular formula is C27H26IN9O3. The van der Waals surface area contributed by atoms with Gasteiger partial charge < -0.3 is 10.6 Å². The number of aryl methyl sites for hydroxylation is 1. The highest BCUT2D eigenvalue weighted by molar-refractivity contribution is 14.2. The smallest absolute Gasteiger partial charge is 0.269 e. The first-order chi connectivity index (χ1) is 19.3. The molecular weight excluding hydrogens is 625 g/mol. The summed E-state index contributed by atoms with van der Waals surface area (Å²) in [5.41, 5.74) is 8.83. The maximum Gasteiger partial charge on any atom is 0.269 e. The van der Waals surface area contributed by atoms with Crippen molar-refractivity contribution in [3.8, 4) is 0 Å². The first-order valence-corrected chi connectivity index (χ1v) is 14.9. The third-order valence-corrected chi connectivity index (χ3v) is 8.29. The summed E-state index contributed by atoms with van der Waals surface area (Å²) in [5, 5.41) is 7.85. The quantitative estimate of drug-likeness (QED) is 0.305. The average Bonchev–Trinajstić information content (AvgIpc) is 3.66. The highest BCUT2D eigenvalue weighted by Gasteiger charge is 2.38. The summed E-state index contributed by atoms with van der Waals surface area (Å²) in [7, 11) is 0. The van der Waals surface area contributed by atoms with Gasteiger partial charge in [0, 0.05) is 50.9 Å². The summed E-state index contributed by atoms with van der Waals surface area (Å²) in [5.74, 6) is -0.275.